The number of nitrogens with zero attached hydrogens (tertiary/aromatic N) is 1. The largest absolute Gasteiger partial charge is 0.309 e. The molecule has 0 spiro atoms. The summed E-state index contributed by atoms with van der Waals surface area (Å²) in [6.07, 6.45) is 0. The molecule has 12 aromatic rings. The first kappa shape index (κ1) is 41.2. The van der Waals surface area contributed by atoms with Gasteiger partial charge in [0.25, 0.3) is 0 Å². The molecule has 0 amide bonds. The summed E-state index contributed by atoms with van der Waals surface area (Å²) in [4.78, 5) is 2.52. The maximum absolute atomic E-state index is 2.52. The highest BCUT2D eigenvalue weighted by Gasteiger charge is 2.45. The second-order valence-electron chi connectivity index (χ2n) is 18.3. The van der Waals surface area contributed by atoms with Gasteiger partial charge in [-0.15, -0.1) is 0 Å². The van der Waals surface area contributed by atoms with E-state index >= 15 is 0 Å². The summed E-state index contributed by atoms with van der Waals surface area (Å²) in [5, 5.41) is 4.84. The van der Waals surface area contributed by atoms with Crippen LogP contribution in [0.25, 0.3) is 77.2 Å². The highest BCUT2D eigenvalue weighted by molar-refractivity contribution is 6.22. The van der Waals surface area contributed by atoms with Gasteiger partial charge in [-0.05, 0) is 119 Å². The van der Waals surface area contributed by atoms with Crippen molar-refractivity contribution in [2.75, 3.05) is 4.90 Å². The van der Waals surface area contributed by atoms with Crippen LogP contribution in [0.1, 0.15) is 22.3 Å². The molecule has 0 unspecified atom stereocenters. The third-order valence-corrected chi connectivity index (χ3v) is 14.6. The maximum Gasteiger partial charge on any atom is 0.0713 e. The summed E-state index contributed by atoms with van der Waals surface area (Å²) in [5.41, 5.74) is 20.0. The second-order valence-corrected chi connectivity index (χ2v) is 18.3. The first-order valence-corrected chi connectivity index (χ1v) is 24.3. The monoisotopic (exact) mass is 889 g/mol. The molecular formula is C69H47N. The Morgan fingerprint density at radius 1 is 0.243 bits per heavy atom. The fourth-order valence-electron chi connectivity index (χ4n) is 11.5. The van der Waals surface area contributed by atoms with Gasteiger partial charge in [0.2, 0.25) is 0 Å². The molecule has 0 N–H and O–H groups in total. The van der Waals surface area contributed by atoms with Crippen molar-refractivity contribution in [1.29, 1.82) is 0 Å². The molecule has 0 saturated carbocycles. The van der Waals surface area contributed by atoms with Gasteiger partial charge in [-0.25, -0.2) is 0 Å². The van der Waals surface area contributed by atoms with Gasteiger partial charge >= 0.3 is 0 Å². The Bertz CT molecular complexity index is 3810. The van der Waals surface area contributed by atoms with Crippen LogP contribution in [-0.4, -0.2) is 0 Å². The Hall–Kier alpha value is -9.04. The maximum atomic E-state index is 2.52. The molecule has 0 fully saturated rings. The Labute approximate surface area is 409 Å². The number of hydrogen-bond donors (Lipinski definition) is 0. The van der Waals surface area contributed by atoms with Crippen LogP contribution in [0.2, 0.25) is 0 Å². The van der Waals surface area contributed by atoms with Crippen molar-refractivity contribution in [2.24, 2.45) is 0 Å². The Kier molecular flexibility index (Phi) is 10.1. The van der Waals surface area contributed by atoms with Gasteiger partial charge in [0.1, 0.15) is 0 Å². The van der Waals surface area contributed by atoms with Gasteiger partial charge in [-0.1, -0.05) is 255 Å². The van der Waals surface area contributed by atoms with E-state index in [2.05, 4.69) is 290 Å². The van der Waals surface area contributed by atoms with Crippen LogP contribution < -0.4 is 4.90 Å². The minimum Gasteiger partial charge on any atom is -0.309 e. The van der Waals surface area contributed by atoms with E-state index in [1.54, 1.807) is 0 Å². The van der Waals surface area contributed by atoms with Crippen LogP contribution in [0.15, 0.2) is 285 Å². The summed E-state index contributed by atoms with van der Waals surface area (Å²) in [6, 6.07) is 105. The minimum absolute atomic E-state index is 0.510. The zero-order valence-electron chi connectivity index (χ0n) is 38.6. The topological polar surface area (TPSA) is 3.24 Å². The lowest BCUT2D eigenvalue weighted by Gasteiger charge is -2.35. The smallest absolute Gasteiger partial charge is 0.0713 e. The molecular weight excluding hydrogens is 843 g/mol. The van der Waals surface area contributed by atoms with E-state index in [4.69, 9.17) is 0 Å². The van der Waals surface area contributed by atoms with Crippen molar-refractivity contribution < 1.29 is 0 Å². The fraction of sp³-hybridized carbons (Fsp3) is 0.0145. The molecule has 1 aliphatic carbocycles. The molecule has 1 nitrogen and oxygen atoms in total. The number of fused-ring (bicyclic) bond motifs is 6. The van der Waals surface area contributed by atoms with Crippen LogP contribution in [0, 0.1) is 0 Å². The highest BCUT2D eigenvalue weighted by atomic mass is 15.1. The molecule has 13 rings (SSSR count). The number of anilines is 3. The van der Waals surface area contributed by atoms with Crippen LogP contribution in [0.3, 0.4) is 0 Å². The Morgan fingerprint density at radius 2 is 0.643 bits per heavy atom. The second kappa shape index (κ2) is 17.2. The third-order valence-electron chi connectivity index (χ3n) is 14.6. The van der Waals surface area contributed by atoms with E-state index in [1.807, 2.05) is 0 Å². The van der Waals surface area contributed by atoms with E-state index in [9.17, 15) is 0 Å². The Morgan fingerprint density at radius 3 is 1.24 bits per heavy atom. The van der Waals surface area contributed by atoms with Crippen molar-refractivity contribution in [3.63, 3.8) is 0 Å². The fourth-order valence-corrected chi connectivity index (χ4v) is 11.5. The van der Waals surface area contributed by atoms with Crippen LogP contribution >= 0.6 is 0 Å². The highest BCUT2D eigenvalue weighted by Crippen LogP contribution is 2.57. The molecule has 70 heavy (non-hydrogen) atoms. The average molecular weight is 890 g/mol. The zero-order chi connectivity index (χ0) is 46.4. The molecule has 0 aliphatic heterocycles. The van der Waals surface area contributed by atoms with Crippen molar-refractivity contribution >= 4 is 38.6 Å². The Balaban J connectivity index is 1.07. The standard InChI is InChI=1S/C69H47N/c1-4-21-48(22-5-1)51-25-20-26-52(47-51)67-63-35-14-12-31-59(63)60-32-13-15-36-64(60)68(67)70(55-43-39-50(40-44-55)58-30-11-10-29-57(58)49-23-6-2-7-24-49)56-45-41-54(42-46-56)69(53-27-8-3-9-28-53)65-37-18-16-33-61(65)62-34-17-19-38-66(62)69/h1-47H. The van der Waals surface area contributed by atoms with Gasteiger partial charge in [-0.3, -0.25) is 0 Å². The summed E-state index contributed by atoms with van der Waals surface area (Å²) in [7, 11) is 0. The molecule has 0 heterocycles. The SMILES string of the molecule is c1ccc(-c2cccc(-c3c(N(c4ccc(-c5ccccc5-c5ccccc5)cc4)c4ccc(C5(c6ccccc6)c6ccccc6-c6ccccc65)cc4)c4ccccc4c4ccccc34)c2)cc1. The number of rotatable bonds is 9. The summed E-state index contributed by atoms with van der Waals surface area (Å²) in [6.45, 7) is 0. The number of benzene rings is 12. The molecule has 12 aromatic carbocycles. The average Bonchev–Trinajstić information content (AvgIpc) is 3.75. The molecule has 1 aliphatic rings. The molecule has 0 aromatic heterocycles. The zero-order valence-corrected chi connectivity index (χ0v) is 38.6. The third kappa shape index (κ3) is 6.70. The first-order valence-electron chi connectivity index (χ1n) is 24.3. The van der Waals surface area contributed by atoms with Gasteiger partial charge in [0.05, 0.1) is 11.1 Å². The molecule has 0 bridgehead atoms. The van der Waals surface area contributed by atoms with E-state index < -0.39 is 5.41 Å². The van der Waals surface area contributed by atoms with Crippen molar-refractivity contribution in [3.05, 3.63) is 307 Å². The molecule has 328 valence electrons. The van der Waals surface area contributed by atoms with Crippen LogP contribution in [0.5, 0.6) is 0 Å². The van der Waals surface area contributed by atoms with Crippen molar-refractivity contribution in [1.82, 2.24) is 0 Å². The van der Waals surface area contributed by atoms with Crippen molar-refractivity contribution in [3.8, 4) is 55.6 Å². The van der Waals surface area contributed by atoms with Crippen LogP contribution in [-0.2, 0) is 5.41 Å². The lowest BCUT2D eigenvalue weighted by molar-refractivity contribution is 0.768. The van der Waals surface area contributed by atoms with Gasteiger partial charge in [0, 0.05) is 22.3 Å². The summed E-state index contributed by atoms with van der Waals surface area (Å²) < 4.78 is 0. The van der Waals surface area contributed by atoms with Gasteiger partial charge in [0.15, 0.2) is 0 Å². The van der Waals surface area contributed by atoms with E-state index in [1.165, 1.54) is 93.9 Å². The minimum atomic E-state index is -0.510. The van der Waals surface area contributed by atoms with Gasteiger partial charge in [-0.2, -0.15) is 0 Å². The quantitative estimate of drug-likeness (QED) is 0.131. The molecule has 0 atom stereocenters. The summed E-state index contributed by atoms with van der Waals surface area (Å²) in [5.74, 6) is 0. The van der Waals surface area contributed by atoms with Crippen molar-refractivity contribution in [2.45, 2.75) is 5.41 Å². The lowest BCUT2D eigenvalue weighted by atomic mass is 9.67. The molecule has 0 saturated heterocycles. The van der Waals surface area contributed by atoms with E-state index in [0.29, 0.717) is 0 Å². The predicted octanol–water partition coefficient (Wildman–Crippen LogP) is 18.5. The first-order chi connectivity index (χ1) is 34.8. The molecule has 1 heteroatoms. The van der Waals surface area contributed by atoms with Crippen LogP contribution in [0.4, 0.5) is 17.1 Å². The molecule has 0 radical (unpaired) electrons. The normalized spacial score (nSPS) is 12.4. The van der Waals surface area contributed by atoms with E-state index in [-0.39, 0.29) is 0 Å². The lowest BCUT2D eigenvalue weighted by Crippen LogP contribution is -2.28. The van der Waals surface area contributed by atoms with E-state index in [0.717, 1.165) is 22.6 Å². The van der Waals surface area contributed by atoms with Gasteiger partial charge < -0.3 is 4.90 Å². The number of hydrogen-bond acceptors (Lipinski definition) is 1. The summed E-state index contributed by atoms with van der Waals surface area (Å²) >= 11 is 0. The predicted molar refractivity (Wildman–Crippen MR) is 295 cm³/mol.